The standard InChI is InChI=1S/C19H29NO4/c1-12(2)15(17(21)23-6)20-16(19(4,5)18(22)24-7)14-11-9-8-10-13(14)3/h8-12,15-16,20H,1-7H3/t15-,16?/m0/s1. The van der Waals surface area contributed by atoms with Gasteiger partial charge in [0.05, 0.1) is 19.6 Å². The Morgan fingerprint density at radius 1 is 1.08 bits per heavy atom. The number of esters is 2. The lowest BCUT2D eigenvalue weighted by Crippen LogP contribution is -2.50. The lowest BCUT2D eigenvalue weighted by molar-refractivity contribution is -0.154. The minimum Gasteiger partial charge on any atom is -0.469 e. The smallest absolute Gasteiger partial charge is 0.323 e. The van der Waals surface area contributed by atoms with Crippen molar-refractivity contribution in [3.63, 3.8) is 0 Å². The van der Waals surface area contributed by atoms with Crippen LogP contribution < -0.4 is 5.32 Å². The first kappa shape index (κ1) is 20.2. The predicted molar refractivity (Wildman–Crippen MR) is 93.5 cm³/mol. The average molecular weight is 335 g/mol. The Kier molecular flexibility index (Phi) is 6.96. The molecular formula is C19H29NO4. The van der Waals surface area contributed by atoms with Crippen molar-refractivity contribution in [3.05, 3.63) is 35.4 Å². The fourth-order valence-electron chi connectivity index (χ4n) is 2.82. The number of rotatable bonds is 7. The molecule has 0 aromatic heterocycles. The van der Waals surface area contributed by atoms with Crippen LogP contribution in [0.1, 0.15) is 44.9 Å². The summed E-state index contributed by atoms with van der Waals surface area (Å²) in [6.45, 7) is 9.50. The molecule has 0 saturated carbocycles. The minimum atomic E-state index is -0.859. The number of methoxy groups -OCH3 is 2. The summed E-state index contributed by atoms with van der Waals surface area (Å²) in [4.78, 5) is 24.5. The molecule has 1 unspecified atom stereocenters. The van der Waals surface area contributed by atoms with Crippen LogP contribution in [0, 0.1) is 18.3 Å². The van der Waals surface area contributed by atoms with E-state index in [1.54, 1.807) is 0 Å². The van der Waals surface area contributed by atoms with Gasteiger partial charge in [0, 0.05) is 6.04 Å². The normalized spacial score (nSPS) is 14.2. The van der Waals surface area contributed by atoms with Crippen LogP contribution in [0.4, 0.5) is 0 Å². The van der Waals surface area contributed by atoms with Gasteiger partial charge in [-0.05, 0) is 37.8 Å². The summed E-state index contributed by atoms with van der Waals surface area (Å²) < 4.78 is 9.91. The zero-order valence-corrected chi connectivity index (χ0v) is 15.7. The lowest BCUT2D eigenvalue weighted by atomic mass is 9.78. The van der Waals surface area contributed by atoms with Gasteiger partial charge >= 0.3 is 11.9 Å². The summed E-state index contributed by atoms with van der Waals surface area (Å²) in [5, 5.41) is 3.34. The summed E-state index contributed by atoms with van der Waals surface area (Å²) in [6, 6.07) is 6.90. The Morgan fingerprint density at radius 2 is 1.67 bits per heavy atom. The molecule has 1 aromatic rings. The predicted octanol–water partition coefficient (Wildman–Crippen LogP) is 3.02. The SMILES string of the molecule is COC(=O)[C@@H](NC(c1ccccc1C)C(C)(C)C(=O)OC)C(C)C. The highest BCUT2D eigenvalue weighted by Crippen LogP contribution is 2.37. The van der Waals surface area contributed by atoms with E-state index in [-0.39, 0.29) is 17.9 Å². The van der Waals surface area contributed by atoms with Gasteiger partial charge in [-0.1, -0.05) is 38.1 Å². The number of nitrogens with one attached hydrogen (secondary N) is 1. The maximum atomic E-state index is 12.4. The van der Waals surface area contributed by atoms with Gasteiger partial charge in [-0.25, -0.2) is 0 Å². The Morgan fingerprint density at radius 3 is 2.12 bits per heavy atom. The maximum Gasteiger partial charge on any atom is 0.323 e. The third-order valence-corrected chi connectivity index (χ3v) is 4.40. The molecule has 0 fully saturated rings. The molecule has 134 valence electrons. The second-order valence-corrected chi connectivity index (χ2v) is 6.91. The van der Waals surface area contributed by atoms with Crippen LogP contribution in [0.2, 0.25) is 0 Å². The molecule has 24 heavy (non-hydrogen) atoms. The molecule has 0 aliphatic rings. The van der Waals surface area contributed by atoms with Crippen LogP contribution in [0.5, 0.6) is 0 Å². The summed E-state index contributed by atoms with van der Waals surface area (Å²) in [5.74, 6) is -0.669. The summed E-state index contributed by atoms with van der Waals surface area (Å²) in [6.07, 6.45) is 0. The van der Waals surface area contributed by atoms with Crippen molar-refractivity contribution >= 4 is 11.9 Å². The van der Waals surface area contributed by atoms with Crippen LogP contribution >= 0.6 is 0 Å². The van der Waals surface area contributed by atoms with E-state index in [0.717, 1.165) is 11.1 Å². The average Bonchev–Trinajstić information content (AvgIpc) is 2.54. The number of hydrogen-bond acceptors (Lipinski definition) is 5. The first-order valence-corrected chi connectivity index (χ1v) is 8.14. The Hall–Kier alpha value is -1.88. The molecule has 0 amide bonds. The van der Waals surface area contributed by atoms with E-state index in [2.05, 4.69) is 5.32 Å². The maximum absolute atomic E-state index is 12.4. The number of carbonyl (C=O) groups excluding carboxylic acids is 2. The molecule has 2 atom stereocenters. The van der Waals surface area contributed by atoms with Crippen LogP contribution in [0.25, 0.3) is 0 Å². The lowest BCUT2D eigenvalue weighted by Gasteiger charge is -2.37. The Balaban J connectivity index is 3.36. The van der Waals surface area contributed by atoms with Gasteiger partial charge in [0.1, 0.15) is 6.04 Å². The van der Waals surface area contributed by atoms with E-state index < -0.39 is 17.5 Å². The molecule has 1 rings (SSSR count). The molecule has 0 bridgehead atoms. The van der Waals surface area contributed by atoms with Crippen LogP contribution in [-0.4, -0.2) is 32.2 Å². The van der Waals surface area contributed by atoms with Crippen molar-refractivity contribution in [1.29, 1.82) is 0 Å². The molecule has 0 aliphatic carbocycles. The Labute approximate surface area is 144 Å². The first-order valence-electron chi connectivity index (χ1n) is 8.14. The van der Waals surface area contributed by atoms with E-state index in [1.807, 2.05) is 58.9 Å². The molecule has 1 N–H and O–H groups in total. The number of benzene rings is 1. The number of aryl methyl sites for hydroxylation is 1. The second kappa shape index (κ2) is 8.29. The summed E-state index contributed by atoms with van der Waals surface area (Å²) in [5.41, 5.74) is 1.14. The molecule has 0 heterocycles. The second-order valence-electron chi connectivity index (χ2n) is 6.91. The highest BCUT2D eigenvalue weighted by Gasteiger charge is 2.42. The van der Waals surface area contributed by atoms with Gasteiger partial charge < -0.3 is 9.47 Å². The van der Waals surface area contributed by atoms with Crippen LogP contribution in [0.3, 0.4) is 0 Å². The molecular weight excluding hydrogens is 306 g/mol. The molecule has 0 saturated heterocycles. The number of hydrogen-bond donors (Lipinski definition) is 1. The van der Waals surface area contributed by atoms with Crippen LogP contribution in [0.15, 0.2) is 24.3 Å². The van der Waals surface area contributed by atoms with Gasteiger partial charge in [0.2, 0.25) is 0 Å². The molecule has 0 aliphatic heterocycles. The van der Waals surface area contributed by atoms with Crippen molar-refractivity contribution in [2.75, 3.05) is 14.2 Å². The largest absolute Gasteiger partial charge is 0.469 e. The van der Waals surface area contributed by atoms with Crippen molar-refractivity contribution in [1.82, 2.24) is 5.32 Å². The van der Waals surface area contributed by atoms with E-state index in [4.69, 9.17) is 9.47 Å². The fourth-order valence-corrected chi connectivity index (χ4v) is 2.82. The van der Waals surface area contributed by atoms with Gasteiger partial charge in [-0.3, -0.25) is 14.9 Å². The fraction of sp³-hybridized carbons (Fsp3) is 0.579. The molecule has 0 spiro atoms. The summed E-state index contributed by atoms with van der Waals surface area (Å²) >= 11 is 0. The highest BCUT2D eigenvalue weighted by molar-refractivity contribution is 5.78. The summed E-state index contributed by atoms with van der Waals surface area (Å²) in [7, 11) is 2.74. The van der Waals surface area contributed by atoms with E-state index in [0.29, 0.717) is 0 Å². The topological polar surface area (TPSA) is 64.6 Å². The first-order chi connectivity index (χ1) is 11.2. The molecule has 5 heteroatoms. The van der Waals surface area contributed by atoms with E-state index >= 15 is 0 Å². The Bertz CT molecular complexity index is 580. The highest BCUT2D eigenvalue weighted by atomic mass is 16.5. The van der Waals surface area contributed by atoms with Crippen molar-refractivity contribution in [3.8, 4) is 0 Å². The van der Waals surface area contributed by atoms with Gasteiger partial charge in [0.25, 0.3) is 0 Å². The zero-order valence-electron chi connectivity index (χ0n) is 15.7. The van der Waals surface area contributed by atoms with Crippen LogP contribution in [-0.2, 0) is 19.1 Å². The van der Waals surface area contributed by atoms with Gasteiger partial charge in [-0.2, -0.15) is 0 Å². The number of ether oxygens (including phenoxy) is 2. The monoisotopic (exact) mass is 335 g/mol. The van der Waals surface area contributed by atoms with Gasteiger partial charge in [0.15, 0.2) is 0 Å². The third-order valence-electron chi connectivity index (χ3n) is 4.40. The van der Waals surface area contributed by atoms with Crippen molar-refractivity contribution in [2.45, 2.75) is 46.7 Å². The van der Waals surface area contributed by atoms with Gasteiger partial charge in [-0.15, -0.1) is 0 Å². The van der Waals surface area contributed by atoms with E-state index in [9.17, 15) is 9.59 Å². The van der Waals surface area contributed by atoms with Crippen molar-refractivity contribution < 1.29 is 19.1 Å². The molecule has 5 nitrogen and oxygen atoms in total. The third kappa shape index (κ3) is 4.35. The minimum absolute atomic E-state index is 0.0115. The van der Waals surface area contributed by atoms with Crippen molar-refractivity contribution in [2.24, 2.45) is 11.3 Å². The quantitative estimate of drug-likeness (QED) is 0.776. The van der Waals surface area contributed by atoms with E-state index in [1.165, 1.54) is 14.2 Å². The molecule has 1 aromatic carbocycles. The zero-order chi connectivity index (χ0) is 18.5. The molecule has 0 radical (unpaired) electrons. The number of carbonyl (C=O) groups is 2.